The quantitative estimate of drug-likeness (QED) is 0.407. The summed E-state index contributed by atoms with van der Waals surface area (Å²) < 4.78 is 68.8. The number of carbonyl (C=O) groups excluding carboxylic acids is 1. The van der Waals surface area contributed by atoms with Crippen molar-refractivity contribution in [3.8, 4) is 11.5 Å². The molecule has 0 aliphatic rings. The molecule has 1 N–H and O–H groups in total. The number of anilines is 1. The molecule has 0 unspecified atom stereocenters. The van der Waals surface area contributed by atoms with Gasteiger partial charge in [-0.2, -0.15) is 8.78 Å². The van der Waals surface area contributed by atoms with Crippen LogP contribution in [0.15, 0.2) is 53.7 Å². The van der Waals surface area contributed by atoms with Crippen LogP contribution in [0.25, 0.3) is 0 Å². The minimum Gasteiger partial charge on any atom is -0.434 e. The van der Waals surface area contributed by atoms with Gasteiger partial charge in [-0.25, -0.2) is 0 Å². The van der Waals surface area contributed by atoms with Crippen molar-refractivity contribution in [1.29, 1.82) is 0 Å². The molecular formula is C17H13F5N2O4. The van der Waals surface area contributed by atoms with Crippen LogP contribution in [-0.2, 0) is 9.63 Å². The number of nitrogens with zero attached hydrogens (tertiary/aromatic N) is 1. The van der Waals surface area contributed by atoms with Crippen molar-refractivity contribution in [1.82, 2.24) is 0 Å². The maximum atomic E-state index is 12.3. The molecule has 2 aromatic rings. The lowest BCUT2D eigenvalue weighted by atomic mass is 10.2. The Bertz CT molecular complexity index is 810. The number of para-hydroxylation sites is 1. The smallest absolute Gasteiger partial charge is 0.434 e. The van der Waals surface area contributed by atoms with Crippen LogP contribution >= 0.6 is 0 Å². The molecule has 28 heavy (non-hydrogen) atoms. The third-order valence-corrected chi connectivity index (χ3v) is 2.97. The largest absolute Gasteiger partial charge is 0.573 e. The fourth-order valence-electron chi connectivity index (χ4n) is 1.92. The van der Waals surface area contributed by atoms with E-state index >= 15 is 0 Å². The van der Waals surface area contributed by atoms with E-state index in [0.717, 1.165) is 18.3 Å². The van der Waals surface area contributed by atoms with E-state index in [4.69, 9.17) is 4.84 Å². The van der Waals surface area contributed by atoms with Crippen LogP contribution in [0.1, 0.15) is 5.56 Å². The molecule has 0 aliphatic carbocycles. The number of oxime groups is 1. The maximum Gasteiger partial charge on any atom is 0.573 e. The normalized spacial score (nSPS) is 11.5. The minimum absolute atomic E-state index is 0.115. The van der Waals surface area contributed by atoms with Gasteiger partial charge in [-0.3, -0.25) is 4.79 Å². The van der Waals surface area contributed by atoms with Crippen molar-refractivity contribution < 1.29 is 41.1 Å². The lowest BCUT2D eigenvalue weighted by Gasteiger charge is -2.09. The molecule has 0 saturated heterocycles. The highest BCUT2D eigenvalue weighted by molar-refractivity contribution is 5.91. The molecule has 0 heterocycles. The van der Waals surface area contributed by atoms with Crippen LogP contribution in [-0.4, -0.2) is 31.7 Å². The summed E-state index contributed by atoms with van der Waals surface area (Å²) in [6, 6.07) is 10.3. The number of rotatable bonds is 8. The van der Waals surface area contributed by atoms with Crippen molar-refractivity contribution >= 4 is 17.8 Å². The van der Waals surface area contributed by atoms with E-state index in [1.807, 2.05) is 0 Å². The molecule has 0 fully saturated rings. The highest BCUT2D eigenvalue weighted by atomic mass is 19.4. The van der Waals surface area contributed by atoms with E-state index < -0.39 is 31.2 Å². The number of hydrogen-bond acceptors (Lipinski definition) is 5. The molecule has 6 nitrogen and oxygen atoms in total. The van der Waals surface area contributed by atoms with Crippen molar-refractivity contribution in [3.05, 3.63) is 54.1 Å². The van der Waals surface area contributed by atoms with Crippen LogP contribution in [0, 0.1) is 0 Å². The van der Waals surface area contributed by atoms with Crippen LogP contribution in [0.3, 0.4) is 0 Å². The number of alkyl halides is 5. The number of benzene rings is 2. The van der Waals surface area contributed by atoms with Crippen molar-refractivity contribution in [2.45, 2.75) is 13.0 Å². The molecule has 0 aromatic heterocycles. The minimum atomic E-state index is -4.81. The van der Waals surface area contributed by atoms with Gasteiger partial charge in [0.2, 0.25) is 0 Å². The number of ether oxygens (including phenoxy) is 2. The van der Waals surface area contributed by atoms with Gasteiger partial charge in [0.15, 0.2) is 6.61 Å². The monoisotopic (exact) mass is 404 g/mol. The molecule has 0 spiro atoms. The molecule has 0 aliphatic heterocycles. The molecule has 2 aromatic carbocycles. The zero-order valence-electron chi connectivity index (χ0n) is 14.0. The summed E-state index contributed by atoms with van der Waals surface area (Å²) in [4.78, 5) is 16.5. The highest BCUT2D eigenvalue weighted by Crippen LogP contribution is 2.24. The highest BCUT2D eigenvalue weighted by Gasteiger charge is 2.30. The molecule has 1 amide bonds. The zero-order chi connectivity index (χ0) is 20.6. The van der Waals surface area contributed by atoms with Gasteiger partial charge in [0, 0.05) is 11.3 Å². The molecule has 150 valence electrons. The van der Waals surface area contributed by atoms with Crippen LogP contribution in [0.4, 0.5) is 27.6 Å². The third-order valence-electron chi connectivity index (χ3n) is 2.97. The summed E-state index contributed by atoms with van der Waals surface area (Å²) in [6.45, 7) is -3.52. The lowest BCUT2D eigenvalue weighted by Crippen LogP contribution is -2.18. The van der Waals surface area contributed by atoms with Crippen LogP contribution < -0.4 is 14.8 Å². The Labute approximate surface area is 155 Å². The number of nitrogens with one attached hydrogen (secondary N) is 1. The Kier molecular flexibility index (Phi) is 7.13. The van der Waals surface area contributed by atoms with Crippen molar-refractivity contribution in [2.24, 2.45) is 5.16 Å². The van der Waals surface area contributed by atoms with Gasteiger partial charge in [-0.15, -0.1) is 13.2 Å². The second-order valence-corrected chi connectivity index (χ2v) is 5.04. The summed E-state index contributed by atoms with van der Waals surface area (Å²) in [5.41, 5.74) is 0.422. The molecule has 0 bridgehead atoms. The van der Waals surface area contributed by atoms with E-state index in [2.05, 4.69) is 19.9 Å². The molecule has 0 radical (unpaired) electrons. The molecule has 0 atom stereocenters. The number of hydrogen-bond donors (Lipinski definition) is 1. The second kappa shape index (κ2) is 9.53. The number of halogens is 5. The maximum absolute atomic E-state index is 12.3. The van der Waals surface area contributed by atoms with E-state index in [-0.39, 0.29) is 17.0 Å². The van der Waals surface area contributed by atoms with E-state index in [1.165, 1.54) is 30.3 Å². The Morgan fingerprint density at radius 1 is 1.11 bits per heavy atom. The number of carbonyl (C=O) groups is 1. The molecule has 11 heteroatoms. The first-order valence-corrected chi connectivity index (χ1v) is 7.58. The van der Waals surface area contributed by atoms with Gasteiger partial charge >= 0.3 is 13.0 Å². The topological polar surface area (TPSA) is 69.2 Å². The molecular weight excluding hydrogens is 391 g/mol. The predicted molar refractivity (Wildman–Crippen MR) is 88.4 cm³/mol. The zero-order valence-corrected chi connectivity index (χ0v) is 14.0. The standard InChI is InChI=1S/C17H13F5N2O4/c18-16(19)27-14-4-2-1-3-11(14)9-23-26-10-15(25)24-12-5-7-13(8-6-12)28-17(20,21)22/h1-9,16H,10H2,(H,24,25)/b23-9+. The van der Waals surface area contributed by atoms with E-state index in [1.54, 1.807) is 6.07 Å². The Balaban J connectivity index is 1.82. The van der Waals surface area contributed by atoms with Gasteiger partial charge in [0.25, 0.3) is 5.91 Å². The van der Waals surface area contributed by atoms with Gasteiger partial charge in [-0.05, 0) is 36.4 Å². The summed E-state index contributed by atoms with van der Waals surface area (Å²) in [6.07, 6.45) is -3.72. The van der Waals surface area contributed by atoms with Gasteiger partial charge in [0.05, 0.1) is 6.21 Å². The Morgan fingerprint density at radius 3 is 2.43 bits per heavy atom. The molecule has 0 saturated carbocycles. The Hall–Kier alpha value is -3.37. The van der Waals surface area contributed by atoms with Crippen LogP contribution in [0.2, 0.25) is 0 Å². The average molecular weight is 404 g/mol. The fraction of sp³-hybridized carbons (Fsp3) is 0.176. The summed E-state index contributed by atoms with van der Waals surface area (Å²) in [5, 5.41) is 5.86. The second-order valence-electron chi connectivity index (χ2n) is 5.04. The Morgan fingerprint density at radius 2 is 1.79 bits per heavy atom. The van der Waals surface area contributed by atoms with Gasteiger partial charge in [-0.1, -0.05) is 17.3 Å². The first-order chi connectivity index (χ1) is 13.2. The van der Waals surface area contributed by atoms with Crippen molar-refractivity contribution in [2.75, 3.05) is 11.9 Å². The summed E-state index contributed by atoms with van der Waals surface area (Å²) in [7, 11) is 0. The first-order valence-electron chi connectivity index (χ1n) is 7.58. The summed E-state index contributed by atoms with van der Waals surface area (Å²) >= 11 is 0. The fourth-order valence-corrected chi connectivity index (χ4v) is 1.92. The lowest BCUT2D eigenvalue weighted by molar-refractivity contribution is -0.274. The summed E-state index contributed by atoms with van der Waals surface area (Å²) in [5.74, 6) is -1.19. The average Bonchev–Trinajstić information content (AvgIpc) is 2.60. The first kappa shape index (κ1) is 20.9. The van der Waals surface area contributed by atoms with Crippen molar-refractivity contribution in [3.63, 3.8) is 0 Å². The number of amides is 1. The third kappa shape index (κ3) is 7.48. The van der Waals surface area contributed by atoms with Gasteiger partial charge in [0.1, 0.15) is 11.5 Å². The SMILES string of the molecule is O=C(CO/N=C/c1ccccc1OC(F)F)Nc1ccc(OC(F)(F)F)cc1. The predicted octanol–water partition coefficient (Wildman–Crippen LogP) is 4.18. The van der Waals surface area contributed by atoms with E-state index in [9.17, 15) is 26.7 Å². The molecule has 2 rings (SSSR count). The van der Waals surface area contributed by atoms with Gasteiger partial charge < -0.3 is 19.6 Å². The van der Waals surface area contributed by atoms with Crippen LogP contribution in [0.5, 0.6) is 11.5 Å². The van der Waals surface area contributed by atoms with E-state index in [0.29, 0.717) is 0 Å².